The zero-order chi connectivity index (χ0) is 16.1. The lowest BCUT2D eigenvalue weighted by atomic mass is 10.1. The van der Waals surface area contributed by atoms with Crippen LogP contribution in [0.25, 0.3) is 0 Å². The third-order valence-corrected chi connectivity index (χ3v) is 3.34. The zero-order valence-corrected chi connectivity index (χ0v) is 12.5. The van der Waals surface area contributed by atoms with Crippen LogP contribution in [0.1, 0.15) is 17.5 Å². The van der Waals surface area contributed by atoms with Gasteiger partial charge in [-0.25, -0.2) is 8.78 Å². The number of hydrogen-bond donors (Lipinski definition) is 2. The number of carbonyl (C=O) groups excluding carboxylic acids is 1. The van der Waals surface area contributed by atoms with Crippen molar-refractivity contribution in [1.29, 1.82) is 0 Å². The number of halogens is 2. The zero-order valence-electron chi connectivity index (χ0n) is 12.5. The van der Waals surface area contributed by atoms with Crippen LogP contribution in [0.3, 0.4) is 0 Å². The highest BCUT2D eigenvalue weighted by Crippen LogP contribution is 2.19. The van der Waals surface area contributed by atoms with Gasteiger partial charge in [-0.3, -0.25) is 4.79 Å². The number of nitrogens with one attached hydrogen (secondary N) is 2. The van der Waals surface area contributed by atoms with Gasteiger partial charge in [0, 0.05) is 24.7 Å². The van der Waals surface area contributed by atoms with Crippen molar-refractivity contribution in [2.75, 3.05) is 17.2 Å². The van der Waals surface area contributed by atoms with Gasteiger partial charge in [0.1, 0.15) is 11.6 Å². The number of aryl methyl sites for hydroxylation is 2. The summed E-state index contributed by atoms with van der Waals surface area (Å²) < 4.78 is 26.2. The van der Waals surface area contributed by atoms with E-state index in [-0.39, 0.29) is 24.6 Å². The Morgan fingerprint density at radius 3 is 2.41 bits per heavy atom. The van der Waals surface area contributed by atoms with Crippen molar-refractivity contribution in [1.82, 2.24) is 0 Å². The molecule has 2 N–H and O–H groups in total. The van der Waals surface area contributed by atoms with Crippen LogP contribution in [-0.2, 0) is 4.79 Å². The summed E-state index contributed by atoms with van der Waals surface area (Å²) >= 11 is 0. The van der Waals surface area contributed by atoms with Gasteiger partial charge in [0.25, 0.3) is 0 Å². The van der Waals surface area contributed by atoms with Crippen molar-refractivity contribution < 1.29 is 13.6 Å². The van der Waals surface area contributed by atoms with E-state index >= 15 is 0 Å². The smallest absolute Gasteiger partial charge is 0.226 e. The summed E-state index contributed by atoms with van der Waals surface area (Å²) in [5.74, 6) is -1.46. The van der Waals surface area contributed by atoms with Crippen molar-refractivity contribution in [3.63, 3.8) is 0 Å². The number of anilines is 2. The van der Waals surface area contributed by atoms with Crippen molar-refractivity contribution in [2.24, 2.45) is 0 Å². The number of hydrogen-bond acceptors (Lipinski definition) is 2. The van der Waals surface area contributed by atoms with E-state index in [9.17, 15) is 13.6 Å². The van der Waals surface area contributed by atoms with Crippen LogP contribution in [0.4, 0.5) is 20.2 Å². The Hall–Kier alpha value is -2.43. The Kier molecular flexibility index (Phi) is 5.09. The number of rotatable bonds is 5. The highest BCUT2D eigenvalue weighted by molar-refractivity contribution is 5.92. The van der Waals surface area contributed by atoms with Gasteiger partial charge in [-0.15, -0.1) is 0 Å². The Balaban J connectivity index is 1.88. The lowest BCUT2D eigenvalue weighted by molar-refractivity contribution is -0.116. The normalized spacial score (nSPS) is 10.4. The molecular formula is C17H18F2N2O. The van der Waals surface area contributed by atoms with Crippen molar-refractivity contribution in [3.8, 4) is 0 Å². The topological polar surface area (TPSA) is 41.1 Å². The van der Waals surface area contributed by atoms with E-state index in [1.54, 1.807) is 0 Å². The van der Waals surface area contributed by atoms with Crippen LogP contribution < -0.4 is 10.6 Å². The van der Waals surface area contributed by atoms with Gasteiger partial charge in [-0.05, 0) is 37.1 Å². The van der Waals surface area contributed by atoms with Gasteiger partial charge >= 0.3 is 0 Å². The molecule has 2 aromatic rings. The van der Waals surface area contributed by atoms with Crippen LogP contribution in [0.2, 0.25) is 0 Å². The molecule has 0 unspecified atom stereocenters. The van der Waals surface area contributed by atoms with Gasteiger partial charge in [0.05, 0.1) is 5.69 Å². The largest absolute Gasteiger partial charge is 0.382 e. The fourth-order valence-corrected chi connectivity index (χ4v) is 2.16. The Morgan fingerprint density at radius 1 is 1.09 bits per heavy atom. The molecule has 0 aliphatic rings. The third kappa shape index (κ3) is 4.04. The Morgan fingerprint density at radius 2 is 1.77 bits per heavy atom. The van der Waals surface area contributed by atoms with E-state index in [1.165, 1.54) is 12.1 Å². The van der Waals surface area contributed by atoms with Gasteiger partial charge < -0.3 is 10.6 Å². The maximum Gasteiger partial charge on any atom is 0.226 e. The van der Waals surface area contributed by atoms with E-state index in [1.807, 2.05) is 32.0 Å². The minimum atomic E-state index is -0.671. The maximum atomic E-state index is 13.4. The molecule has 0 saturated heterocycles. The quantitative estimate of drug-likeness (QED) is 0.876. The molecule has 5 heteroatoms. The molecule has 0 radical (unpaired) electrons. The number of para-hydroxylation sites is 1. The molecule has 0 aliphatic carbocycles. The highest BCUT2D eigenvalue weighted by atomic mass is 19.1. The predicted octanol–water partition coefficient (Wildman–Crippen LogP) is 4.02. The second-order valence-corrected chi connectivity index (χ2v) is 5.12. The van der Waals surface area contributed by atoms with Crippen molar-refractivity contribution >= 4 is 17.3 Å². The van der Waals surface area contributed by atoms with E-state index in [2.05, 4.69) is 10.6 Å². The van der Waals surface area contributed by atoms with Crippen LogP contribution in [0.15, 0.2) is 36.4 Å². The van der Waals surface area contributed by atoms with E-state index in [0.717, 1.165) is 22.9 Å². The molecule has 0 bridgehead atoms. The molecule has 0 aliphatic heterocycles. The fraction of sp³-hybridized carbons (Fsp3) is 0.235. The third-order valence-electron chi connectivity index (χ3n) is 3.34. The van der Waals surface area contributed by atoms with Crippen LogP contribution in [0, 0.1) is 25.5 Å². The second-order valence-electron chi connectivity index (χ2n) is 5.12. The lowest BCUT2D eigenvalue weighted by Crippen LogP contribution is -2.17. The summed E-state index contributed by atoms with van der Waals surface area (Å²) in [4.78, 5) is 11.9. The molecule has 0 atom stereocenters. The summed E-state index contributed by atoms with van der Waals surface area (Å²) in [5, 5.41) is 5.64. The Labute approximate surface area is 128 Å². The monoisotopic (exact) mass is 304 g/mol. The standard InChI is InChI=1S/C17H18F2N2O/c1-11-4-3-5-12(2)17(11)21-16(22)8-9-20-15-7-6-13(18)10-14(15)19/h3-7,10,20H,8-9H2,1-2H3,(H,21,22). The minimum Gasteiger partial charge on any atom is -0.382 e. The molecule has 1 amide bonds. The average Bonchev–Trinajstić information content (AvgIpc) is 2.45. The van der Waals surface area contributed by atoms with Gasteiger partial charge in [-0.2, -0.15) is 0 Å². The minimum absolute atomic E-state index is 0.160. The highest BCUT2D eigenvalue weighted by Gasteiger charge is 2.08. The Bertz CT molecular complexity index is 666. The summed E-state index contributed by atoms with van der Waals surface area (Å²) in [5.41, 5.74) is 2.97. The van der Waals surface area contributed by atoms with E-state index in [4.69, 9.17) is 0 Å². The molecular weight excluding hydrogens is 286 g/mol. The van der Waals surface area contributed by atoms with Crippen LogP contribution in [-0.4, -0.2) is 12.5 Å². The van der Waals surface area contributed by atoms with E-state index < -0.39 is 11.6 Å². The SMILES string of the molecule is Cc1cccc(C)c1NC(=O)CCNc1ccc(F)cc1F. The first-order valence-corrected chi connectivity index (χ1v) is 7.02. The molecule has 0 heterocycles. The maximum absolute atomic E-state index is 13.4. The van der Waals surface area contributed by atoms with Crippen molar-refractivity contribution in [3.05, 3.63) is 59.2 Å². The number of carbonyl (C=O) groups is 1. The molecule has 22 heavy (non-hydrogen) atoms. The van der Waals surface area contributed by atoms with Gasteiger partial charge in [-0.1, -0.05) is 18.2 Å². The first-order chi connectivity index (χ1) is 10.5. The molecule has 0 fully saturated rings. The summed E-state index contributed by atoms with van der Waals surface area (Å²) in [7, 11) is 0. The van der Waals surface area contributed by atoms with Crippen molar-refractivity contribution in [2.45, 2.75) is 20.3 Å². The van der Waals surface area contributed by atoms with Crippen LogP contribution in [0.5, 0.6) is 0 Å². The van der Waals surface area contributed by atoms with Gasteiger partial charge in [0.15, 0.2) is 0 Å². The molecule has 2 rings (SSSR count). The fourth-order valence-electron chi connectivity index (χ4n) is 2.16. The average molecular weight is 304 g/mol. The molecule has 0 saturated carbocycles. The number of amides is 1. The lowest BCUT2D eigenvalue weighted by Gasteiger charge is -2.12. The molecule has 116 valence electrons. The molecule has 0 spiro atoms. The summed E-state index contributed by atoms with van der Waals surface area (Å²) in [6.07, 6.45) is 0.185. The van der Waals surface area contributed by atoms with Crippen LogP contribution >= 0.6 is 0 Å². The van der Waals surface area contributed by atoms with E-state index in [0.29, 0.717) is 0 Å². The first-order valence-electron chi connectivity index (χ1n) is 7.02. The first kappa shape index (κ1) is 15.9. The summed E-state index contributed by atoms with van der Waals surface area (Å²) in [6.45, 7) is 4.11. The molecule has 3 nitrogen and oxygen atoms in total. The number of benzene rings is 2. The summed E-state index contributed by atoms with van der Waals surface area (Å²) in [6, 6.07) is 9.07. The predicted molar refractivity (Wildman–Crippen MR) is 84.0 cm³/mol. The van der Waals surface area contributed by atoms with Gasteiger partial charge in [0.2, 0.25) is 5.91 Å². The molecule has 2 aromatic carbocycles. The molecule has 0 aromatic heterocycles. The second kappa shape index (κ2) is 7.02.